The molecule has 2 saturated carbocycles. The Morgan fingerprint density at radius 2 is 1.88 bits per heavy atom. The van der Waals surface area contributed by atoms with E-state index in [1.165, 1.54) is 12.8 Å². The average Bonchev–Trinajstić information content (AvgIpc) is 3.06. The summed E-state index contributed by atoms with van der Waals surface area (Å²) in [6, 6.07) is 3.05. The van der Waals surface area contributed by atoms with Crippen molar-refractivity contribution in [1.29, 1.82) is 0 Å². The number of nitrogens with zero attached hydrogens (tertiary/aromatic N) is 4. The number of pyridine rings is 1. The van der Waals surface area contributed by atoms with E-state index >= 15 is 0 Å². The Morgan fingerprint density at radius 3 is 2.50 bits per heavy atom. The summed E-state index contributed by atoms with van der Waals surface area (Å²) in [5, 5.41) is 5.37. The number of carbonyl (C=O) groups excluding carboxylic acids is 1. The quantitative estimate of drug-likeness (QED) is 0.857. The number of hydrogen-bond acceptors (Lipinski definition) is 3. The Hall–Kier alpha value is -1.91. The average molecular weight is 326 g/mol. The van der Waals surface area contributed by atoms with Gasteiger partial charge in [0.25, 0.3) is 5.91 Å². The Kier molecular flexibility index (Phi) is 3.82. The van der Waals surface area contributed by atoms with Crippen molar-refractivity contribution in [2.24, 2.45) is 0 Å². The third-order valence-electron chi connectivity index (χ3n) is 5.31. The maximum Gasteiger partial charge on any atom is 0.255 e. The third kappa shape index (κ3) is 2.60. The van der Waals surface area contributed by atoms with Crippen molar-refractivity contribution < 1.29 is 4.79 Å². The first-order valence-corrected chi connectivity index (χ1v) is 9.24. The van der Waals surface area contributed by atoms with Gasteiger partial charge in [-0.2, -0.15) is 5.10 Å². The van der Waals surface area contributed by atoms with Crippen LogP contribution in [0.25, 0.3) is 11.0 Å². The molecule has 0 N–H and O–H groups in total. The summed E-state index contributed by atoms with van der Waals surface area (Å²) in [7, 11) is 0. The lowest BCUT2D eigenvalue weighted by molar-refractivity contribution is 0.0666. The molecule has 0 aromatic carbocycles. The fourth-order valence-electron chi connectivity index (χ4n) is 4.00. The van der Waals surface area contributed by atoms with Gasteiger partial charge in [0.15, 0.2) is 5.65 Å². The Morgan fingerprint density at radius 1 is 1.21 bits per heavy atom. The predicted octanol–water partition coefficient (Wildman–Crippen LogP) is 3.87. The zero-order valence-corrected chi connectivity index (χ0v) is 14.8. The second-order valence-electron chi connectivity index (χ2n) is 7.61. The zero-order valence-electron chi connectivity index (χ0n) is 14.8. The van der Waals surface area contributed by atoms with Gasteiger partial charge in [0.05, 0.1) is 17.1 Å². The monoisotopic (exact) mass is 326 g/mol. The number of carbonyl (C=O) groups is 1. The highest BCUT2D eigenvalue weighted by Crippen LogP contribution is 2.36. The first-order valence-electron chi connectivity index (χ1n) is 9.24. The van der Waals surface area contributed by atoms with Crippen LogP contribution in [0.3, 0.4) is 0 Å². The lowest BCUT2D eigenvalue weighted by atomic mass is 10.1. The molecule has 0 atom stereocenters. The standard InChI is InChI=1S/C19H26N4O/c1-12(2)23-18-17(11-20-23)16(10-13(3)21-18)19(24)22(15-8-9-15)14-6-4-5-7-14/h10-12,14-15H,4-9H2,1-3H3. The smallest absolute Gasteiger partial charge is 0.255 e. The van der Waals surface area contributed by atoms with Gasteiger partial charge in [-0.25, -0.2) is 9.67 Å². The maximum absolute atomic E-state index is 13.4. The molecular weight excluding hydrogens is 300 g/mol. The SMILES string of the molecule is Cc1cc(C(=O)N(C2CCCC2)C2CC2)c2cnn(C(C)C)c2n1. The minimum Gasteiger partial charge on any atom is -0.333 e. The number of hydrogen-bond donors (Lipinski definition) is 0. The second-order valence-corrected chi connectivity index (χ2v) is 7.61. The van der Waals surface area contributed by atoms with Crippen molar-refractivity contribution in [3.63, 3.8) is 0 Å². The molecule has 0 radical (unpaired) electrons. The van der Waals surface area contributed by atoms with Crippen LogP contribution in [-0.4, -0.2) is 37.7 Å². The van der Waals surface area contributed by atoms with E-state index in [0.29, 0.717) is 12.1 Å². The molecule has 2 fully saturated rings. The molecular formula is C19H26N4O. The van der Waals surface area contributed by atoms with Gasteiger partial charge >= 0.3 is 0 Å². The van der Waals surface area contributed by atoms with Crippen LogP contribution in [-0.2, 0) is 0 Å². The van der Waals surface area contributed by atoms with Crippen molar-refractivity contribution in [1.82, 2.24) is 19.7 Å². The van der Waals surface area contributed by atoms with E-state index in [4.69, 9.17) is 0 Å². The van der Waals surface area contributed by atoms with Gasteiger partial charge in [-0.3, -0.25) is 4.79 Å². The summed E-state index contributed by atoms with van der Waals surface area (Å²) in [5.74, 6) is 0.184. The molecule has 0 bridgehead atoms. The molecule has 2 aliphatic rings. The molecule has 1 amide bonds. The summed E-state index contributed by atoms with van der Waals surface area (Å²) < 4.78 is 1.91. The number of rotatable bonds is 4. The normalized spacial score (nSPS) is 18.7. The van der Waals surface area contributed by atoms with E-state index in [0.717, 1.165) is 48.0 Å². The molecule has 128 valence electrons. The van der Waals surface area contributed by atoms with Gasteiger partial charge in [0, 0.05) is 23.8 Å². The van der Waals surface area contributed by atoms with Gasteiger partial charge in [-0.05, 0) is 52.5 Å². The first-order chi connectivity index (χ1) is 11.6. The number of amides is 1. The maximum atomic E-state index is 13.4. The van der Waals surface area contributed by atoms with Gasteiger partial charge in [0.1, 0.15) is 0 Å². The Balaban J connectivity index is 1.78. The van der Waals surface area contributed by atoms with Gasteiger partial charge in [-0.1, -0.05) is 12.8 Å². The van der Waals surface area contributed by atoms with Gasteiger partial charge in [0.2, 0.25) is 0 Å². The van der Waals surface area contributed by atoms with Crippen LogP contribution in [0.5, 0.6) is 0 Å². The summed E-state index contributed by atoms with van der Waals surface area (Å²) in [6.45, 7) is 6.14. The van der Waals surface area contributed by atoms with E-state index in [9.17, 15) is 4.79 Å². The molecule has 2 aliphatic carbocycles. The molecule has 2 aromatic heterocycles. The van der Waals surface area contributed by atoms with Gasteiger partial charge < -0.3 is 4.90 Å². The van der Waals surface area contributed by atoms with Crippen molar-refractivity contribution >= 4 is 16.9 Å². The minimum atomic E-state index is 0.184. The highest BCUT2D eigenvalue weighted by Gasteiger charge is 2.39. The molecule has 2 aromatic rings. The second kappa shape index (κ2) is 5.87. The molecule has 0 unspecified atom stereocenters. The summed E-state index contributed by atoms with van der Waals surface area (Å²) in [6.07, 6.45) is 8.92. The number of aromatic nitrogens is 3. The molecule has 24 heavy (non-hydrogen) atoms. The number of fused-ring (bicyclic) bond motifs is 1. The summed E-state index contributed by atoms with van der Waals surface area (Å²) >= 11 is 0. The first kappa shape index (κ1) is 15.6. The van der Waals surface area contributed by atoms with E-state index in [1.807, 2.05) is 23.9 Å². The number of aryl methyl sites for hydroxylation is 1. The highest BCUT2D eigenvalue weighted by molar-refractivity contribution is 6.05. The molecule has 5 heteroatoms. The molecule has 0 spiro atoms. The van der Waals surface area contributed by atoms with E-state index in [-0.39, 0.29) is 11.9 Å². The summed E-state index contributed by atoms with van der Waals surface area (Å²) in [5.41, 5.74) is 2.49. The van der Waals surface area contributed by atoms with Crippen LogP contribution in [0.2, 0.25) is 0 Å². The van der Waals surface area contributed by atoms with Crippen LogP contribution in [0.4, 0.5) is 0 Å². The minimum absolute atomic E-state index is 0.184. The Bertz CT molecular complexity index is 769. The predicted molar refractivity (Wildman–Crippen MR) is 94.1 cm³/mol. The van der Waals surface area contributed by atoms with Crippen LogP contribution >= 0.6 is 0 Å². The van der Waals surface area contributed by atoms with Crippen LogP contribution in [0.15, 0.2) is 12.3 Å². The topological polar surface area (TPSA) is 51.0 Å². The van der Waals surface area contributed by atoms with E-state index in [2.05, 4.69) is 28.8 Å². The fourth-order valence-corrected chi connectivity index (χ4v) is 4.00. The van der Waals surface area contributed by atoms with Crippen molar-refractivity contribution in [3.05, 3.63) is 23.5 Å². The van der Waals surface area contributed by atoms with Crippen LogP contribution in [0, 0.1) is 6.92 Å². The molecule has 4 rings (SSSR count). The van der Waals surface area contributed by atoms with Crippen LogP contribution < -0.4 is 0 Å². The van der Waals surface area contributed by atoms with Crippen molar-refractivity contribution in [3.8, 4) is 0 Å². The molecule has 0 aliphatic heterocycles. The Labute approximate surface area is 143 Å². The van der Waals surface area contributed by atoms with E-state index < -0.39 is 0 Å². The fraction of sp³-hybridized carbons (Fsp3) is 0.632. The summed E-state index contributed by atoms with van der Waals surface area (Å²) in [4.78, 5) is 20.3. The van der Waals surface area contributed by atoms with Gasteiger partial charge in [-0.15, -0.1) is 0 Å². The zero-order chi connectivity index (χ0) is 16.8. The third-order valence-corrected chi connectivity index (χ3v) is 5.31. The molecule has 5 nitrogen and oxygen atoms in total. The lowest BCUT2D eigenvalue weighted by Crippen LogP contribution is -2.40. The molecule has 0 saturated heterocycles. The molecule has 2 heterocycles. The van der Waals surface area contributed by atoms with Crippen LogP contribution in [0.1, 0.15) is 74.5 Å². The van der Waals surface area contributed by atoms with Crippen molar-refractivity contribution in [2.75, 3.05) is 0 Å². The lowest BCUT2D eigenvalue weighted by Gasteiger charge is -2.29. The highest BCUT2D eigenvalue weighted by atomic mass is 16.2. The van der Waals surface area contributed by atoms with Crippen molar-refractivity contribution in [2.45, 2.75) is 77.4 Å². The van der Waals surface area contributed by atoms with E-state index in [1.54, 1.807) is 0 Å². The largest absolute Gasteiger partial charge is 0.333 e.